The van der Waals surface area contributed by atoms with Crippen molar-refractivity contribution in [2.24, 2.45) is 0 Å². The first kappa shape index (κ1) is 22.6. The van der Waals surface area contributed by atoms with Crippen LogP contribution in [0.5, 0.6) is 0 Å². The van der Waals surface area contributed by atoms with Gasteiger partial charge >= 0.3 is 11.9 Å². The van der Waals surface area contributed by atoms with Gasteiger partial charge in [-0.15, -0.1) is 0 Å². The fourth-order valence-corrected chi connectivity index (χ4v) is 5.02. The third-order valence-electron chi connectivity index (χ3n) is 7.22. The van der Waals surface area contributed by atoms with Crippen LogP contribution in [0, 0.1) is 13.8 Å². The first-order chi connectivity index (χ1) is 16.3. The molecule has 1 saturated heterocycles. The van der Waals surface area contributed by atoms with Crippen LogP contribution in [0.1, 0.15) is 51.2 Å². The number of nitrogens with zero attached hydrogens (tertiary/aromatic N) is 3. The van der Waals surface area contributed by atoms with E-state index in [4.69, 9.17) is 9.47 Å². The average Bonchev–Trinajstić information content (AvgIpc) is 3.37. The van der Waals surface area contributed by atoms with Gasteiger partial charge in [-0.25, -0.2) is 14.6 Å². The zero-order valence-electron chi connectivity index (χ0n) is 19.8. The number of anilines is 1. The molecule has 1 fully saturated rings. The lowest BCUT2D eigenvalue weighted by Gasteiger charge is -2.36. The van der Waals surface area contributed by atoms with Gasteiger partial charge in [0.25, 0.3) is 0 Å². The lowest BCUT2D eigenvalue weighted by molar-refractivity contribution is -0.135. The summed E-state index contributed by atoms with van der Waals surface area (Å²) in [6.45, 7) is 10.2. The Kier molecular flexibility index (Phi) is 5.87. The molecule has 0 amide bonds. The molecule has 0 radical (unpaired) electrons. The van der Waals surface area contributed by atoms with E-state index < -0.39 is 6.10 Å². The largest absolute Gasteiger partial charge is 0.457 e. The molecule has 0 unspecified atom stereocenters. The van der Waals surface area contributed by atoms with Crippen LogP contribution >= 0.6 is 0 Å². The van der Waals surface area contributed by atoms with Crippen LogP contribution < -0.4 is 4.90 Å². The molecule has 8 heteroatoms. The van der Waals surface area contributed by atoms with Gasteiger partial charge in [-0.05, 0) is 49.6 Å². The molecule has 0 aliphatic carbocycles. The van der Waals surface area contributed by atoms with E-state index in [2.05, 4.69) is 20.9 Å². The van der Waals surface area contributed by atoms with Crippen LogP contribution in [-0.2, 0) is 20.9 Å². The maximum Gasteiger partial charge on any atom is 0.338 e. The number of pyridine rings is 1. The van der Waals surface area contributed by atoms with Crippen molar-refractivity contribution in [1.82, 2.24) is 9.88 Å². The predicted molar refractivity (Wildman–Crippen MR) is 126 cm³/mol. The van der Waals surface area contributed by atoms with Crippen LogP contribution in [0.25, 0.3) is 5.57 Å². The van der Waals surface area contributed by atoms with E-state index >= 15 is 0 Å². The van der Waals surface area contributed by atoms with Gasteiger partial charge in [-0.2, -0.15) is 0 Å². The number of aryl methyl sites for hydroxylation is 1. The number of hydrogen-bond donors (Lipinski definition) is 1. The zero-order chi connectivity index (χ0) is 24.0. The Bertz CT molecular complexity index is 1200. The third-order valence-corrected chi connectivity index (χ3v) is 7.22. The number of aromatic nitrogens is 1. The number of esters is 2. The summed E-state index contributed by atoms with van der Waals surface area (Å²) in [6.07, 6.45) is 1.22. The molecule has 1 atom stereocenters. The SMILES string of the molecule is CC1=C(c2cnc(N3CCN(C[C@H](O)c4ccc5c(c4C)COC5=O)CC3)cc2C)COC1=O. The van der Waals surface area contributed by atoms with E-state index in [1.54, 1.807) is 13.0 Å². The van der Waals surface area contributed by atoms with E-state index in [1.165, 1.54) is 0 Å². The van der Waals surface area contributed by atoms with E-state index in [9.17, 15) is 14.7 Å². The van der Waals surface area contributed by atoms with Gasteiger partial charge in [0, 0.05) is 61.2 Å². The summed E-state index contributed by atoms with van der Waals surface area (Å²) >= 11 is 0. The molecule has 2 aromatic rings. The smallest absolute Gasteiger partial charge is 0.338 e. The first-order valence-corrected chi connectivity index (χ1v) is 11.6. The number of rotatable bonds is 5. The molecule has 5 rings (SSSR count). The van der Waals surface area contributed by atoms with Gasteiger partial charge in [0.05, 0.1) is 11.7 Å². The normalized spacial score (nSPS) is 19.4. The summed E-state index contributed by atoms with van der Waals surface area (Å²) in [6, 6.07) is 5.67. The Morgan fingerprint density at radius 1 is 1.00 bits per heavy atom. The Labute approximate surface area is 198 Å². The number of hydrogen-bond acceptors (Lipinski definition) is 8. The molecule has 3 aliphatic rings. The number of carbonyl (C=O) groups excluding carboxylic acids is 2. The number of ether oxygens (including phenoxy) is 2. The maximum absolute atomic E-state index is 11.8. The number of carbonyl (C=O) groups is 2. The van der Waals surface area contributed by atoms with Gasteiger partial charge < -0.3 is 19.5 Å². The molecule has 4 heterocycles. The molecule has 8 nitrogen and oxygen atoms in total. The Hall–Kier alpha value is -3.23. The second-order valence-corrected chi connectivity index (χ2v) is 9.22. The number of aliphatic hydroxyl groups is 1. The third kappa shape index (κ3) is 3.97. The zero-order valence-corrected chi connectivity index (χ0v) is 19.8. The fourth-order valence-electron chi connectivity index (χ4n) is 5.02. The highest BCUT2D eigenvalue weighted by Crippen LogP contribution is 2.31. The topological polar surface area (TPSA) is 92.2 Å². The van der Waals surface area contributed by atoms with Crippen molar-refractivity contribution in [3.63, 3.8) is 0 Å². The van der Waals surface area contributed by atoms with Crippen LogP contribution in [0.4, 0.5) is 5.82 Å². The summed E-state index contributed by atoms with van der Waals surface area (Å²) in [5.41, 5.74) is 6.89. The van der Waals surface area contributed by atoms with Crippen LogP contribution in [-0.4, -0.2) is 66.3 Å². The van der Waals surface area contributed by atoms with Crippen molar-refractivity contribution < 1.29 is 24.2 Å². The van der Waals surface area contributed by atoms with E-state index in [0.29, 0.717) is 24.3 Å². The minimum Gasteiger partial charge on any atom is -0.457 e. The van der Waals surface area contributed by atoms with Crippen LogP contribution in [0.3, 0.4) is 0 Å². The highest BCUT2D eigenvalue weighted by molar-refractivity contribution is 6.01. The van der Waals surface area contributed by atoms with Gasteiger partial charge in [-0.3, -0.25) is 4.90 Å². The summed E-state index contributed by atoms with van der Waals surface area (Å²) in [5, 5.41) is 10.9. The van der Waals surface area contributed by atoms with Crippen molar-refractivity contribution in [2.75, 3.05) is 44.2 Å². The molecule has 178 valence electrons. The molecule has 0 bridgehead atoms. The van der Waals surface area contributed by atoms with Crippen molar-refractivity contribution in [3.05, 3.63) is 63.3 Å². The van der Waals surface area contributed by atoms with Gasteiger partial charge in [-0.1, -0.05) is 6.07 Å². The van der Waals surface area contributed by atoms with Crippen molar-refractivity contribution in [1.29, 1.82) is 0 Å². The van der Waals surface area contributed by atoms with E-state index in [0.717, 1.165) is 65.4 Å². The second-order valence-electron chi connectivity index (χ2n) is 9.22. The lowest BCUT2D eigenvalue weighted by atomic mass is 9.95. The quantitative estimate of drug-likeness (QED) is 0.677. The van der Waals surface area contributed by atoms with Crippen molar-refractivity contribution >= 4 is 23.3 Å². The summed E-state index contributed by atoms with van der Waals surface area (Å²) in [7, 11) is 0. The average molecular weight is 464 g/mol. The van der Waals surface area contributed by atoms with E-state index in [-0.39, 0.29) is 18.5 Å². The maximum atomic E-state index is 11.8. The molecule has 1 aromatic carbocycles. The summed E-state index contributed by atoms with van der Waals surface area (Å²) in [4.78, 5) is 32.7. The van der Waals surface area contributed by atoms with E-state index in [1.807, 2.05) is 26.1 Å². The van der Waals surface area contributed by atoms with Crippen molar-refractivity contribution in [3.8, 4) is 0 Å². The van der Waals surface area contributed by atoms with Gasteiger partial charge in [0.15, 0.2) is 0 Å². The summed E-state index contributed by atoms with van der Waals surface area (Å²) in [5.74, 6) is 0.377. The number of cyclic esters (lactones) is 2. The molecule has 34 heavy (non-hydrogen) atoms. The molecular weight excluding hydrogens is 434 g/mol. The highest BCUT2D eigenvalue weighted by atomic mass is 16.5. The molecule has 1 aromatic heterocycles. The first-order valence-electron chi connectivity index (χ1n) is 11.6. The standard InChI is InChI=1S/C26H29N3O5/c1-15-10-24(27-11-20(15)22-14-33-25(31)17(22)3)29-8-6-28(7-9-29)12-23(30)18-4-5-19-21(16(18)2)13-34-26(19)32/h4-5,10-11,23,30H,6-9,12-14H2,1-3H3/t23-/m0/s1. The lowest BCUT2D eigenvalue weighted by Crippen LogP contribution is -2.47. The summed E-state index contributed by atoms with van der Waals surface area (Å²) < 4.78 is 10.3. The number of β-amino-alcohol motifs (C(OH)–C–C–N with tert-alkyl or cyclic N) is 1. The second kappa shape index (κ2) is 8.85. The number of aliphatic hydroxyl groups excluding tert-OH is 1. The van der Waals surface area contributed by atoms with Gasteiger partial charge in [0.1, 0.15) is 19.0 Å². The molecule has 0 saturated carbocycles. The predicted octanol–water partition coefficient (Wildman–Crippen LogP) is 2.55. The molecule has 0 spiro atoms. The monoisotopic (exact) mass is 463 g/mol. The van der Waals surface area contributed by atoms with Crippen LogP contribution in [0.2, 0.25) is 0 Å². The number of piperazine rings is 1. The molecule has 1 N–H and O–H groups in total. The highest BCUT2D eigenvalue weighted by Gasteiger charge is 2.28. The minimum atomic E-state index is -0.625. The Morgan fingerprint density at radius 3 is 2.41 bits per heavy atom. The minimum absolute atomic E-state index is 0.256. The Morgan fingerprint density at radius 2 is 1.74 bits per heavy atom. The Balaban J connectivity index is 1.21. The number of fused-ring (bicyclic) bond motifs is 1. The number of benzene rings is 1. The molecule has 3 aliphatic heterocycles. The molecular formula is C26H29N3O5. The van der Waals surface area contributed by atoms with Crippen molar-refractivity contribution in [2.45, 2.75) is 33.5 Å². The fraction of sp³-hybridized carbons (Fsp3) is 0.423. The van der Waals surface area contributed by atoms with Gasteiger partial charge in [0.2, 0.25) is 0 Å². The van der Waals surface area contributed by atoms with Crippen LogP contribution in [0.15, 0.2) is 30.0 Å².